The molecule has 238 valence electrons. The predicted molar refractivity (Wildman–Crippen MR) is 166 cm³/mol. The minimum atomic E-state index is -0.676. The number of nitrogens with zero attached hydrogens (tertiary/aromatic N) is 3. The van der Waals surface area contributed by atoms with Gasteiger partial charge in [0.15, 0.2) is 28.8 Å². The van der Waals surface area contributed by atoms with E-state index in [1.165, 1.54) is 36.5 Å². The van der Waals surface area contributed by atoms with Crippen LogP contribution in [0.5, 0.6) is 23.0 Å². The number of nitrogens with one attached hydrogen (secondary N) is 1. The van der Waals surface area contributed by atoms with E-state index in [2.05, 4.69) is 20.2 Å². The standard InChI is InChI=1S/C34H32F2N4O6/c1-42-30-18-25-27(19-31(30)44-14-2-11-40-12-15-43-16-13-40)37-10-9-28(25)45-29-8-7-24(17-26(29)36)39-33(41)20-34-38-21-32(46-34)22-3-5-23(35)6-4-22/h3-10,17-19,21H,2,11-16,20H2,1H3,(H,39,41). The van der Waals surface area contributed by atoms with Gasteiger partial charge in [-0.3, -0.25) is 14.7 Å². The van der Waals surface area contributed by atoms with Crippen LogP contribution in [0.1, 0.15) is 12.3 Å². The lowest BCUT2D eigenvalue weighted by Crippen LogP contribution is -2.37. The third-order valence-electron chi connectivity index (χ3n) is 7.40. The van der Waals surface area contributed by atoms with Crippen molar-refractivity contribution in [3.05, 3.63) is 90.6 Å². The van der Waals surface area contributed by atoms with Gasteiger partial charge in [-0.25, -0.2) is 13.8 Å². The maximum atomic E-state index is 15.1. The molecule has 0 unspecified atom stereocenters. The fourth-order valence-corrected chi connectivity index (χ4v) is 5.05. The van der Waals surface area contributed by atoms with Crippen LogP contribution in [0.25, 0.3) is 22.2 Å². The molecule has 2 aromatic heterocycles. The monoisotopic (exact) mass is 630 g/mol. The van der Waals surface area contributed by atoms with Crippen LogP contribution in [-0.4, -0.2) is 67.3 Å². The largest absolute Gasteiger partial charge is 0.493 e. The number of halogens is 2. The van der Waals surface area contributed by atoms with Crippen LogP contribution in [0.15, 0.2) is 77.5 Å². The van der Waals surface area contributed by atoms with Crippen molar-refractivity contribution in [2.24, 2.45) is 0 Å². The first-order valence-electron chi connectivity index (χ1n) is 14.8. The van der Waals surface area contributed by atoms with Gasteiger partial charge in [-0.2, -0.15) is 0 Å². The highest BCUT2D eigenvalue weighted by atomic mass is 19.1. The molecule has 1 fully saturated rings. The van der Waals surface area contributed by atoms with Crippen molar-refractivity contribution < 1.29 is 36.9 Å². The molecule has 1 N–H and O–H groups in total. The molecular formula is C34H32F2N4O6. The summed E-state index contributed by atoms with van der Waals surface area (Å²) in [4.78, 5) is 23.5. The molecule has 1 aliphatic heterocycles. The molecule has 0 atom stereocenters. The van der Waals surface area contributed by atoms with Gasteiger partial charge in [0.25, 0.3) is 0 Å². The molecule has 3 aromatic carbocycles. The van der Waals surface area contributed by atoms with E-state index in [4.69, 9.17) is 23.4 Å². The number of pyridine rings is 1. The number of carbonyl (C=O) groups excluding carboxylic acids is 1. The van der Waals surface area contributed by atoms with Gasteiger partial charge in [-0.15, -0.1) is 0 Å². The number of methoxy groups -OCH3 is 1. The van der Waals surface area contributed by atoms with Crippen molar-refractivity contribution in [2.75, 3.05) is 51.9 Å². The van der Waals surface area contributed by atoms with Crippen LogP contribution in [0.3, 0.4) is 0 Å². The summed E-state index contributed by atoms with van der Waals surface area (Å²) in [7, 11) is 1.55. The number of anilines is 1. The fourth-order valence-electron chi connectivity index (χ4n) is 5.05. The van der Waals surface area contributed by atoms with E-state index in [1.54, 1.807) is 43.6 Å². The molecule has 6 rings (SSSR count). The number of amides is 1. The van der Waals surface area contributed by atoms with Gasteiger partial charge in [0.2, 0.25) is 11.8 Å². The normalized spacial score (nSPS) is 13.5. The minimum Gasteiger partial charge on any atom is -0.493 e. The van der Waals surface area contributed by atoms with E-state index in [0.717, 1.165) is 39.3 Å². The number of rotatable bonds is 12. The Morgan fingerprint density at radius 2 is 1.78 bits per heavy atom. The Labute approximate surface area is 263 Å². The van der Waals surface area contributed by atoms with Crippen molar-refractivity contribution in [1.29, 1.82) is 0 Å². The van der Waals surface area contributed by atoms with Crippen molar-refractivity contribution in [3.63, 3.8) is 0 Å². The molecule has 1 amide bonds. The molecule has 1 aliphatic rings. The lowest BCUT2D eigenvalue weighted by molar-refractivity contribution is -0.115. The topological polar surface area (TPSA) is 108 Å². The van der Waals surface area contributed by atoms with Gasteiger partial charge < -0.3 is 28.7 Å². The van der Waals surface area contributed by atoms with Crippen LogP contribution in [0.4, 0.5) is 14.5 Å². The van der Waals surface area contributed by atoms with E-state index in [9.17, 15) is 9.18 Å². The van der Waals surface area contributed by atoms with E-state index < -0.39 is 11.7 Å². The second-order valence-corrected chi connectivity index (χ2v) is 10.6. The number of fused-ring (bicyclic) bond motifs is 1. The van der Waals surface area contributed by atoms with Gasteiger partial charge in [0, 0.05) is 54.6 Å². The highest BCUT2D eigenvalue weighted by molar-refractivity contribution is 5.92. The van der Waals surface area contributed by atoms with Crippen LogP contribution in [0, 0.1) is 11.6 Å². The summed E-state index contributed by atoms with van der Waals surface area (Å²) < 4.78 is 56.9. The summed E-state index contributed by atoms with van der Waals surface area (Å²) >= 11 is 0. The molecule has 10 nitrogen and oxygen atoms in total. The molecule has 12 heteroatoms. The van der Waals surface area contributed by atoms with Crippen LogP contribution in [0.2, 0.25) is 0 Å². The molecule has 3 heterocycles. The summed E-state index contributed by atoms with van der Waals surface area (Å²) in [6, 6.07) is 15.0. The number of benzene rings is 3. The number of oxazole rings is 1. The SMILES string of the molecule is COc1cc2c(Oc3ccc(NC(=O)Cc4ncc(-c5ccc(F)cc5)o4)cc3F)ccnc2cc1OCCCN1CCOCC1. The zero-order valence-corrected chi connectivity index (χ0v) is 25.1. The predicted octanol–water partition coefficient (Wildman–Crippen LogP) is 6.25. The lowest BCUT2D eigenvalue weighted by atomic mass is 10.1. The summed E-state index contributed by atoms with van der Waals surface area (Å²) in [5.74, 6) is 0.472. The van der Waals surface area contributed by atoms with Gasteiger partial charge in [0.05, 0.1) is 38.6 Å². The molecule has 1 saturated heterocycles. The van der Waals surface area contributed by atoms with Crippen molar-refractivity contribution in [1.82, 2.24) is 14.9 Å². The van der Waals surface area contributed by atoms with E-state index in [1.807, 2.05) is 0 Å². The van der Waals surface area contributed by atoms with Crippen molar-refractivity contribution in [2.45, 2.75) is 12.8 Å². The number of ether oxygens (including phenoxy) is 4. The van der Waals surface area contributed by atoms with Gasteiger partial charge in [-0.05, 0) is 55.0 Å². The molecule has 0 spiro atoms. The zero-order chi connectivity index (χ0) is 31.9. The van der Waals surface area contributed by atoms with Gasteiger partial charge >= 0.3 is 0 Å². The van der Waals surface area contributed by atoms with Crippen molar-refractivity contribution >= 4 is 22.5 Å². The third-order valence-corrected chi connectivity index (χ3v) is 7.40. The van der Waals surface area contributed by atoms with E-state index >= 15 is 4.39 Å². The molecular weight excluding hydrogens is 598 g/mol. The summed E-state index contributed by atoms with van der Waals surface area (Å²) in [6.07, 6.45) is 3.71. The van der Waals surface area contributed by atoms with Crippen molar-refractivity contribution in [3.8, 4) is 34.3 Å². The molecule has 0 bridgehead atoms. The Balaban J connectivity index is 1.08. The Kier molecular flexibility index (Phi) is 9.65. The maximum Gasteiger partial charge on any atom is 0.233 e. The Morgan fingerprint density at radius 1 is 0.957 bits per heavy atom. The number of hydrogen-bond acceptors (Lipinski definition) is 9. The first kappa shape index (κ1) is 30.9. The lowest BCUT2D eigenvalue weighted by Gasteiger charge is -2.26. The number of aromatic nitrogens is 2. The summed E-state index contributed by atoms with van der Waals surface area (Å²) in [6.45, 7) is 4.80. The molecule has 5 aromatic rings. The van der Waals surface area contributed by atoms with Gasteiger partial charge in [0.1, 0.15) is 18.0 Å². The molecule has 46 heavy (non-hydrogen) atoms. The smallest absolute Gasteiger partial charge is 0.233 e. The minimum absolute atomic E-state index is 0.0375. The summed E-state index contributed by atoms with van der Waals surface area (Å²) in [5, 5.41) is 3.25. The molecule has 0 radical (unpaired) electrons. The quantitative estimate of drug-likeness (QED) is 0.160. The molecule has 0 saturated carbocycles. The third kappa shape index (κ3) is 7.59. The second kappa shape index (κ2) is 14.4. The Bertz CT molecular complexity index is 1810. The van der Waals surface area contributed by atoms with Crippen LogP contribution >= 0.6 is 0 Å². The van der Waals surface area contributed by atoms with Gasteiger partial charge in [-0.1, -0.05) is 0 Å². The summed E-state index contributed by atoms with van der Waals surface area (Å²) in [5.41, 5.74) is 1.46. The first-order chi connectivity index (χ1) is 22.4. The Morgan fingerprint density at radius 3 is 2.57 bits per heavy atom. The number of hydrogen-bond donors (Lipinski definition) is 1. The Hall–Kier alpha value is -5.07. The average Bonchev–Trinajstić information content (AvgIpc) is 3.53. The molecule has 0 aliphatic carbocycles. The van der Waals surface area contributed by atoms with E-state index in [0.29, 0.717) is 46.1 Å². The fraction of sp³-hybridized carbons (Fsp3) is 0.265. The van der Waals surface area contributed by atoms with Crippen LogP contribution in [-0.2, 0) is 16.0 Å². The highest BCUT2D eigenvalue weighted by Crippen LogP contribution is 2.38. The second-order valence-electron chi connectivity index (χ2n) is 10.6. The van der Waals surface area contributed by atoms with Crippen LogP contribution < -0.4 is 19.5 Å². The zero-order valence-electron chi connectivity index (χ0n) is 25.1. The maximum absolute atomic E-state index is 15.1. The average molecular weight is 631 g/mol. The first-order valence-corrected chi connectivity index (χ1v) is 14.8. The van der Waals surface area contributed by atoms with E-state index in [-0.39, 0.29) is 29.6 Å². The highest BCUT2D eigenvalue weighted by Gasteiger charge is 2.16. The number of morpholine rings is 1. The number of carbonyl (C=O) groups is 1.